The summed E-state index contributed by atoms with van der Waals surface area (Å²) in [5, 5.41) is 13.1. The molecule has 10 nitrogen and oxygen atoms in total. The van der Waals surface area contributed by atoms with E-state index >= 15 is 0 Å². The number of fused-ring (bicyclic) bond motifs is 1. The van der Waals surface area contributed by atoms with Crippen molar-refractivity contribution in [3.63, 3.8) is 0 Å². The fourth-order valence-corrected chi connectivity index (χ4v) is 3.04. The molecule has 11 heteroatoms. The van der Waals surface area contributed by atoms with Gasteiger partial charge in [-0.15, -0.1) is 0 Å². The van der Waals surface area contributed by atoms with Crippen molar-refractivity contribution in [1.29, 1.82) is 0 Å². The maximum Gasteiger partial charge on any atom is 0.329 e. The van der Waals surface area contributed by atoms with Gasteiger partial charge in [0.15, 0.2) is 6.61 Å². The zero-order valence-electron chi connectivity index (χ0n) is 15.5. The summed E-state index contributed by atoms with van der Waals surface area (Å²) in [6.45, 7) is 0.591. The van der Waals surface area contributed by atoms with E-state index in [1.54, 1.807) is 12.1 Å². The van der Waals surface area contributed by atoms with Crippen LogP contribution in [0.15, 0.2) is 42.5 Å². The van der Waals surface area contributed by atoms with Crippen molar-refractivity contribution in [2.24, 2.45) is 0 Å². The van der Waals surface area contributed by atoms with Crippen LogP contribution in [0, 0.1) is 10.1 Å². The number of ether oxygens (including phenoxy) is 1. The molecule has 0 unspecified atom stereocenters. The van der Waals surface area contributed by atoms with Gasteiger partial charge in [0.1, 0.15) is 11.1 Å². The molecule has 0 fully saturated rings. The zero-order chi connectivity index (χ0) is 22.0. The zero-order valence-corrected chi connectivity index (χ0v) is 16.2. The van der Waals surface area contributed by atoms with Gasteiger partial charge in [-0.05, 0) is 31.2 Å². The fraction of sp³-hybridized carbons (Fsp3) is 0.158. The molecule has 1 atom stereocenters. The van der Waals surface area contributed by atoms with Crippen LogP contribution >= 0.6 is 11.6 Å². The minimum Gasteiger partial charge on any atom is -0.454 e. The summed E-state index contributed by atoms with van der Waals surface area (Å²) in [6.07, 6.45) is 0. The highest BCUT2D eigenvalue weighted by Crippen LogP contribution is 2.27. The second-order valence-electron chi connectivity index (χ2n) is 6.28. The second-order valence-corrected chi connectivity index (χ2v) is 6.69. The Hall–Kier alpha value is -3.79. The monoisotopic (exact) mass is 431 g/mol. The van der Waals surface area contributed by atoms with Crippen LogP contribution in [0.2, 0.25) is 5.02 Å². The van der Waals surface area contributed by atoms with E-state index in [9.17, 15) is 29.3 Å². The normalized spacial score (nSPS) is 13.6. The molecular formula is C19H14ClN3O7. The quantitative estimate of drug-likeness (QED) is 0.321. The fourth-order valence-electron chi connectivity index (χ4n) is 2.85. The summed E-state index contributed by atoms with van der Waals surface area (Å²) in [5.41, 5.74) is 0.0553. The summed E-state index contributed by atoms with van der Waals surface area (Å²) < 4.78 is 4.89. The molecule has 0 radical (unpaired) electrons. The predicted octanol–water partition coefficient (Wildman–Crippen LogP) is 2.41. The number of benzene rings is 2. The molecular weight excluding hydrogens is 418 g/mol. The number of halogens is 1. The van der Waals surface area contributed by atoms with Crippen molar-refractivity contribution in [1.82, 2.24) is 4.90 Å². The van der Waals surface area contributed by atoms with Crippen LogP contribution in [0.3, 0.4) is 0 Å². The van der Waals surface area contributed by atoms with Gasteiger partial charge in [-0.3, -0.25) is 29.4 Å². The first-order valence-corrected chi connectivity index (χ1v) is 8.96. The summed E-state index contributed by atoms with van der Waals surface area (Å²) in [5.74, 6) is -2.98. The molecule has 2 aromatic rings. The number of anilines is 1. The largest absolute Gasteiger partial charge is 0.454 e. The Morgan fingerprint density at radius 1 is 1.17 bits per heavy atom. The van der Waals surface area contributed by atoms with Crippen LogP contribution in [0.1, 0.15) is 27.6 Å². The van der Waals surface area contributed by atoms with Crippen LogP contribution in [-0.4, -0.2) is 46.2 Å². The highest BCUT2D eigenvalue weighted by molar-refractivity contribution is 6.32. The molecule has 154 valence electrons. The van der Waals surface area contributed by atoms with Crippen molar-refractivity contribution >= 4 is 46.7 Å². The number of nitro groups is 1. The van der Waals surface area contributed by atoms with E-state index < -0.39 is 47.0 Å². The average Bonchev–Trinajstić information content (AvgIpc) is 2.97. The topological polar surface area (TPSA) is 136 Å². The van der Waals surface area contributed by atoms with Gasteiger partial charge in [-0.25, -0.2) is 4.79 Å². The number of carbonyl (C=O) groups excluding carboxylic acids is 4. The third-order valence-electron chi connectivity index (χ3n) is 4.33. The van der Waals surface area contributed by atoms with Crippen molar-refractivity contribution in [3.8, 4) is 0 Å². The van der Waals surface area contributed by atoms with Crippen molar-refractivity contribution in [2.75, 3.05) is 11.9 Å². The van der Waals surface area contributed by atoms with Crippen LogP contribution in [0.25, 0.3) is 0 Å². The molecule has 30 heavy (non-hydrogen) atoms. The van der Waals surface area contributed by atoms with E-state index in [-0.39, 0.29) is 21.8 Å². The van der Waals surface area contributed by atoms with E-state index in [4.69, 9.17) is 16.3 Å². The molecule has 0 saturated heterocycles. The van der Waals surface area contributed by atoms with Crippen LogP contribution < -0.4 is 5.32 Å². The molecule has 3 amide bonds. The Balaban J connectivity index is 1.60. The number of hydrogen-bond donors (Lipinski definition) is 1. The number of nitrogens with one attached hydrogen (secondary N) is 1. The maximum atomic E-state index is 12.4. The molecule has 1 aliphatic heterocycles. The molecule has 1 heterocycles. The van der Waals surface area contributed by atoms with E-state index in [2.05, 4.69) is 5.32 Å². The molecule has 3 rings (SSSR count). The number of rotatable bonds is 6. The standard InChI is InChI=1S/C19H14ClN3O7/c1-10(22-17(25)12-4-2-3-5-13(12)18(22)26)19(27)30-9-16(24)21-11-6-7-14(20)15(8-11)23(28)29/h2-8,10H,9H2,1H3,(H,21,24)/t10-/m0/s1. The van der Waals surface area contributed by atoms with Gasteiger partial charge in [0.2, 0.25) is 0 Å². The minimum atomic E-state index is -1.25. The third-order valence-corrected chi connectivity index (χ3v) is 4.65. The highest BCUT2D eigenvalue weighted by atomic mass is 35.5. The van der Waals surface area contributed by atoms with Crippen molar-refractivity contribution in [2.45, 2.75) is 13.0 Å². The number of hydrogen-bond acceptors (Lipinski definition) is 7. The van der Waals surface area contributed by atoms with Crippen LogP contribution in [0.4, 0.5) is 11.4 Å². The van der Waals surface area contributed by atoms with Gasteiger partial charge in [0, 0.05) is 11.8 Å². The van der Waals surface area contributed by atoms with Crippen molar-refractivity contribution in [3.05, 3.63) is 68.7 Å². The van der Waals surface area contributed by atoms with Gasteiger partial charge < -0.3 is 10.1 Å². The molecule has 1 N–H and O–H groups in total. The van der Waals surface area contributed by atoms with E-state index in [1.165, 1.54) is 31.2 Å². The Bertz CT molecular complexity index is 1050. The predicted molar refractivity (Wildman–Crippen MR) is 104 cm³/mol. The lowest BCUT2D eigenvalue weighted by Gasteiger charge is -2.20. The number of nitrogens with zero attached hydrogens (tertiary/aromatic N) is 2. The summed E-state index contributed by atoms with van der Waals surface area (Å²) in [4.78, 5) is 60.0. The van der Waals surface area contributed by atoms with E-state index in [0.29, 0.717) is 0 Å². The Morgan fingerprint density at radius 2 is 1.77 bits per heavy atom. The van der Waals surface area contributed by atoms with E-state index in [1.807, 2.05) is 0 Å². The highest BCUT2D eigenvalue weighted by Gasteiger charge is 2.41. The lowest BCUT2D eigenvalue weighted by atomic mass is 10.1. The SMILES string of the molecule is C[C@@H](C(=O)OCC(=O)Nc1ccc(Cl)c([N+](=O)[O-])c1)N1C(=O)c2ccccc2C1=O. The second kappa shape index (κ2) is 8.29. The lowest BCUT2D eigenvalue weighted by Crippen LogP contribution is -2.44. The molecule has 2 aromatic carbocycles. The molecule has 1 aliphatic rings. The van der Waals surface area contributed by atoms with E-state index in [0.717, 1.165) is 11.0 Å². The van der Waals surface area contributed by atoms with Crippen LogP contribution in [-0.2, 0) is 14.3 Å². The minimum absolute atomic E-state index is 0.0838. The number of nitro benzene ring substituents is 1. The molecule has 0 bridgehead atoms. The first kappa shape index (κ1) is 20.9. The summed E-state index contributed by atoms with van der Waals surface area (Å²) >= 11 is 5.70. The lowest BCUT2D eigenvalue weighted by molar-refractivity contribution is -0.384. The first-order valence-electron chi connectivity index (χ1n) is 8.58. The third kappa shape index (κ3) is 3.98. The number of carbonyl (C=O) groups is 4. The molecule has 0 aromatic heterocycles. The first-order chi connectivity index (χ1) is 14.2. The molecule has 0 spiro atoms. The Morgan fingerprint density at radius 3 is 2.33 bits per heavy atom. The van der Waals surface area contributed by atoms with Crippen LogP contribution in [0.5, 0.6) is 0 Å². The number of imide groups is 1. The van der Waals surface area contributed by atoms with Gasteiger partial charge in [0.05, 0.1) is 16.1 Å². The Kier molecular flexibility index (Phi) is 5.79. The summed E-state index contributed by atoms with van der Waals surface area (Å²) in [6, 6.07) is 8.55. The number of esters is 1. The van der Waals surface area contributed by atoms with Gasteiger partial charge in [-0.2, -0.15) is 0 Å². The van der Waals surface area contributed by atoms with Gasteiger partial charge >= 0.3 is 5.97 Å². The smallest absolute Gasteiger partial charge is 0.329 e. The van der Waals surface area contributed by atoms with Crippen molar-refractivity contribution < 1.29 is 28.8 Å². The molecule has 0 saturated carbocycles. The van der Waals surface area contributed by atoms with Gasteiger partial charge in [0.25, 0.3) is 23.4 Å². The average molecular weight is 432 g/mol. The number of amides is 3. The Labute approximate surface area is 174 Å². The summed E-state index contributed by atoms with van der Waals surface area (Å²) in [7, 11) is 0. The van der Waals surface area contributed by atoms with Gasteiger partial charge in [-0.1, -0.05) is 23.7 Å². The molecule has 0 aliphatic carbocycles. The maximum absolute atomic E-state index is 12.4.